The van der Waals surface area contributed by atoms with E-state index < -0.39 is 19.7 Å². The van der Waals surface area contributed by atoms with Gasteiger partial charge in [0.1, 0.15) is 17.6 Å². The molecule has 1 unspecified atom stereocenters. The predicted molar refractivity (Wildman–Crippen MR) is 132 cm³/mol. The topological polar surface area (TPSA) is 63.2 Å². The van der Waals surface area contributed by atoms with Crippen LogP contribution < -0.4 is 9.05 Å². The lowest BCUT2D eigenvalue weighted by atomic mass is 9.97. The molecule has 4 aromatic carbocycles. The molecule has 0 radical (unpaired) electrons. The van der Waals surface area contributed by atoms with Gasteiger partial charge in [0.05, 0.1) is 13.2 Å². The number of phosphoric ester groups is 1. The van der Waals surface area contributed by atoms with Crippen molar-refractivity contribution in [2.45, 2.75) is 11.9 Å². The Morgan fingerprint density at radius 2 is 1.11 bits per heavy atom. The summed E-state index contributed by atoms with van der Waals surface area (Å²) in [5, 5.41) is 0. The Labute approximate surface area is 204 Å². The van der Waals surface area contributed by atoms with Crippen molar-refractivity contribution in [1.29, 1.82) is 0 Å². The molecule has 7 heteroatoms. The van der Waals surface area contributed by atoms with Gasteiger partial charge in [0, 0.05) is 11.1 Å². The van der Waals surface area contributed by atoms with Crippen LogP contribution in [-0.4, -0.2) is 19.3 Å². The van der Waals surface area contributed by atoms with Crippen molar-refractivity contribution in [3.63, 3.8) is 0 Å². The highest BCUT2D eigenvalue weighted by Gasteiger charge is 2.46. The van der Waals surface area contributed by atoms with E-state index in [1.165, 1.54) is 0 Å². The van der Waals surface area contributed by atoms with Crippen LogP contribution in [0, 0.1) is 0 Å². The normalized spacial score (nSPS) is 17.1. The van der Waals surface area contributed by atoms with Crippen LogP contribution in [0.25, 0.3) is 0 Å². The maximum absolute atomic E-state index is 13.6. The fourth-order valence-corrected chi connectivity index (χ4v) is 5.10. The van der Waals surface area contributed by atoms with Crippen LogP contribution in [0.15, 0.2) is 121 Å². The minimum atomic E-state index is -4.04. The first-order chi connectivity index (χ1) is 17.2. The molecule has 0 amide bonds. The number of hydrogen-bond donors (Lipinski definition) is 0. The molecule has 1 saturated heterocycles. The molecule has 0 spiro atoms. The SMILES string of the molecule is O=P(OCC1COC(c2ccccc2)(c2ccccc2)O1)(Oc1ccccc1)Oc1ccccc1. The Bertz CT molecular complexity index is 1170. The molecule has 0 aliphatic carbocycles. The summed E-state index contributed by atoms with van der Waals surface area (Å²) in [7, 11) is -4.04. The summed E-state index contributed by atoms with van der Waals surface area (Å²) < 4.78 is 43.5. The lowest BCUT2D eigenvalue weighted by Gasteiger charge is -2.29. The minimum absolute atomic E-state index is 0.0572. The van der Waals surface area contributed by atoms with E-state index in [4.69, 9.17) is 23.0 Å². The molecule has 6 nitrogen and oxygen atoms in total. The summed E-state index contributed by atoms with van der Waals surface area (Å²) in [4.78, 5) is 0. The Balaban J connectivity index is 1.36. The van der Waals surface area contributed by atoms with E-state index in [9.17, 15) is 4.57 Å². The van der Waals surface area contributed by atoms with Crippen LogP contribution >= 0.6 is 7.82 Å². The smallest absolute Gasteiger partial charge is 0.395 e. The summed E-state index contributed by atoms with van der Waals surface area (Å²) in [6, 6.07) is 37.0. The standard InChI is InChI=1S/C28H25O6P/c29-35(33-25-17-9-3-10-18-25,34-26-19-11-4-12-20-26)31-22-27-21-30-28(32-27,23-13-5-1-6-14-23)24-15-7-2-8-16-24/h1-20,27H,21-22H2. The van der Waals surface area contributed by atoms with Crippen molar-refractivity contribution in [2.75, 3.05) is 13.2 Å². The highest BCUT2D eigenvalue weighted by molar-refractivity contribution is 7.49. The van der Waals surface area contributed by atoms with Crippen LogP contribution in [0.3, 0.4) is 0 Å². The highest BCUT2D eigenvalue weighted by atomic mass is 31.2. The highest BCUT2D eigenvalue weighted by Crippen LogP contribution is 2.50. The molecule has 1 heterocycles. The van der Waals surface area contributed by atoms with Crippen molar-refractivity contribution in [1.82, 2.24) is 0 Å². The third-order valence-corrected chi connectivity index (χ3v) is 6.79. The monoisotopic (exact) mass is 488 g/mol. The predicted octanol–water partition coefficient (Wildman–Crippen LogP) is 6.59. The molecule has 1 aliphatic heterocycles. The average Bonchev–Trinajstić information content (AvgIpc) is 3.35. The van der Waals surface area contributed by atoms with E-state index in [2.05, 4.69) is 0 Å². The lowest BCUT2D eigenvalue weighted by Crippen LogP contribution is -2.30. The average molecular weight is 488 g/mol. The number of para-hydroxylation sites is 2. The fraction of sp³-hybridized carbons (Fsp3) is 0.143. The van der Waals surface area contributed by atoms with E-state index >= 15 is 0 Å². The van der Waals surface area contributed by atoms with Gasteiger partial charge in [-0.25, -0.2) is 4.57 Å². The van der Waals surface area contributed by atoms with E-state index in [1.54, 1.807) is 48.5 Å². The first-order valence-electron chi connectivity index (χ1n) is 11.3. The lowest BCUT2D eigenvalue weighted by molar-refractivity contribution is -0.146. The van der Waals surface area contributed by atoms with E-state index in [0.29, 0.717) is 11.5 Å². The molecule has 0 aromatic heterocycles. The Kier molecular flexibility index (Phi) is 6.98. The summed E-state index contributed by atoms with van der Waals surface area (Å²) in [5.74, 6) is -0.349. The zero-order valence-corrected chi connectivity index (χ0v) is 19.8. The van der Waals surface area contributed by atoms with Gasteiger partial charge in [-0.05, 0) is 24.3 Å². The first-order valence-corrected chi connectivity index (χ1v) is 12.8. The maximum Gasteiger partial charge on any atom is 0.587 e. The molecule has 0 N–H and O–H groups in total. The fourth-order valence-electron chi connectivity index (χ4n) is 3.85. The van der Waals surface area contributed by atoms with Gasteiger partial charge in [-0.2, -0.15) is 0 Å². The number of hydrogen-bond acceptors (Lipinski definition) is 6. The van der Waals surface area contributed by atoms with Gasteiger partial charge in [0.25, 0.3) is 0 Å². The molecule has 0 saturated carbocycles. The van der Waals surface area contributed by atoms with Crippen LogP contribution in [-0.2, 0) is 24.3 Å². The molecule has 5 rings (SSSR count). The zero-order valence-electron chi connectivity index (χ0n) is 18.9. The second-order valence-corrected chi connectivity index (χ2v) is 9.47. The number of benzene rings is 4. The van der Waals surface area contributed by atoms with Gasteiger partial charge >= 0.3 is 7.82 Å². The number of phosphoric acid groups is 1. The van der Waals surface area contributed by atoms with Gasteiger partial charge in [-0.15, -0.1) is 0 Å². The number of rotatable bonds is 9. The van der Waals surface area contributed by atoms with Crippen molar-refractivity contribution >= 4 is 7.82 Å². The molecule has 1 aliphatic rings. The van der Waals surface area contributed by atoms with E-state index in [1.807, 2.05) is 72.8 Å². The first kappa shape index (κ1) is 23.3. The van der Waals surface area contributed by atoms with Gasteiger partial charge in [0.2, 0.25) is 5.79 Å². The van der Waals surface area contributed by atoms with Crippen LogP contribution in [0.2, 0.25) is 0 Å². The third kappa shape index (κ3) is 5.47. The third-order valence-electron chi connectivity index (χ3n) is 5.45. The molecule has 178 valence electrons. The van der Waals surface area contributed by atoms with Gasteiger partial charge in [-0.1, -0.05) is 97.1 Å². The van der Waals surface area contributed by atoms with Gasteiger partial charge in [-0.3, -0.25) is 4.52 Å². The summed E-state index contributed by atoms with van der Waals surface area (Å²) in [5.41, 5.74) is 1.72. The van der Waals surface area contributed by atoms with Crippen LogP contribution in [0.4, 0.5) is 0 Å². The van der Waals surface area contributed by atoms with Gasteiger partial charge in [0.15, 0.2) is 0 Å². The van der Waals surface area contributed by atoms with Crippen LogP contribution in [0.1, 0.15) is 11.1 Å². The Hall–Kier alpha value is -3.41. The minimum Gasteiger partial charge on any atom is -0.395 e. The molecule has 1 fully saturated rings. The molecule has 4 aromatic rings. The van der Waals surface area contributed by atoms with Gasteiger partial charge < -0.3 is 18.5 Å². The Morgan fingerprint density at radius 3 is 1.57 bits per heavy atom. The van der Waals surface area contributed by atoms with Crippen molar-refractivity contribution in [2.24, 2.45) is 0 Å². The largest absolute Gasteiger partial charge is 0.587 e. The number of ether oxygens (including phenoxy) is 2. The zero-order chi connectivity index (χ0) is 24.0. The molecule has 0 bridgehead atoms. The molecule has 1 atom stereocenters. The maximum atomic E-state index is 13.6. The second kappa shape index (κ2) is 10.5. The van der Waals surface area contributed by atoms with Crippen molar-refractivity contribution in [3.8, 4) is 11.5 Å². The van der Waals surface area contributed by atoms with Crippen LogP contribution in [0.5, 0.6) is 11.5 Å². The van der Waals surface area contributed by atoms with E-state index in [-0.39, 0.29) is 13.2 Å². The molecular weight excluding hydrogens is 463 g/mol. The summed E-state index contributed by atoms with van der Waals surface area (Å²) in [6.45, 7) is 0.179. The Morgan fingerprint density at radius 1 is 0.686 bits per heavy atom. The second-order valence-electron chi connectivity index (χ2n) is 7.95. The summed E-state index contributed by atoms with van der Waals surface area (Å²) in [6.07, 6.45) is -0.512. The van der Waals surface area contributed by atoms with Crippen molar-refractivity contribution < 1.29 is 27.6 Å². The van der Waals surface area contributed by atoms with Crippen molar-refractivity contribution in [3.05, 3.63) is 132 Å². The van der Waals surface area contributed by atoms with E-state index in [0.717, 1.165) is 11.1 Å². The quantitative estimate of drug-likeness (QED) is 0.248. The molecule has 35 heavy (non-hydrogen) atoms. The molecular formula is C28H25O6P. The summed E-state index contributed by atoms with van der Waals surface area (Å²) >= 11 is 0.